The van der Waals surface area contributed by atoms with Gasteiger partial charge in [-0.05, 0) is 30.5 Å². The summed E-state index contributed by atoms with van der Waals surface area (Å²) in [5.41, 5.74) is -0.0892. The maximum Gasteiger partial charge on any atom is 0.337 e. The Bertz CT molecular complexity index is 596. The molecular weight excluding hydrogens is 312 g/mol. The zero-order valence-corrected chi connectivity index (χ0v) is 13.9. The number of benzene rings is 1. The minimum atomic E-state index is -3.44. The predicted octanol–water partition coefficient (Wildman–Crippen LogP) is 4.03. The molecule has 1 aromatic carbocycles. The lowest BCUT2D eigenvalue weighted by Gasteiger charge is -2.15. The average Bonchev–Trinajstić information content (AvgIpc) is 2.42. The first kappa shape index (κ1) is 18.0. The van der Waals surface area contributed by atoms with Crippen LogP contribution in [0.1, 0.15) is 49.9 Å². The largest absolute Gasteiger partial charge is 0.478 e. The molecule has 0 aromatic heterocycles. The Balaban J connectivity index is 2.97. The number of hydrogen-bond acceptors (Lipinski definition) is 3. The molecule has 1 atom stereocenters. The number of carbonyl (C=O) groups is 1. The fourth-order valence-corrected chi connectivity index (χ4v) is 4.28. The summed E-state index contributed by atoms with van der Waals surface area (Å²) in [6.07, 6.45) is 3.73. The minimum Gasteiger partial charge on any atom is -0.478 e. The zero-order chi connectivity index (χ0) is 16.0. The van der Waals surface area contributed by atoms with Gasteiger partial charge in [0.05, 0.1) is 21.2 Å². The molecule has 0 heterocycles. The number of rotatable bonds is 8. The maximum atomic E-state index is 12.4. The van der Waals surface area contributed by atoms with Gasteiger partial charge in [-0.25, -0.2) is 13.2 Å². The first-order valence-electron chi connectivity index (χ1n) is 7.07. The van der Waals surface area contributed by atoms with E-state index in [1.54, 1.807) is 0 Å². The molecule has 0 aliphatic heterocycles. The molecule has 6 heteroatoms. The van der Waals surface area contributed by atoms with E-state index in [1.165, 1.54) is 18.2 Å². The highest BCUT2D eigenvalue weighted by molar-refractivity contribution is 7.91. The van der Waals surface area contributed by atoms with E-state index in [-0.39, 0.29) is 27.2 Å². The second-order valence-electron chi connectivity index (χ2n) is 5.14. The average molecular weight is 333 g/mol. The van der Waals surface area contributed by atoms with Gasteiger partial charge < -0.3 is 5.11 Å². The second-order valence-corrected chi connectivity index (χ2v) is 7.59. The van der Waals surface area contributed by atoms with Crippen molar-refractivity contribution in [3.8, 4) is 0 Å². The molecule has 1 rings (SSSR count). The highest BCUT2D eigenvalue weighted by atomic mass is 35.5. The first-order valence-corrected chi connectivity index (χ1v) is 9.10. The van der Waals surface area contributed by atoms with Crippen molar-refractivity contribution >= 4 is 27.4 Å². The number of sulfone groups is 1. The summed E-state index contributed by atoms with van der Waals surface area (Å²) in [5, 5.41) is 8.86. The van der Waals surface area contributed by atoms with Crippen LogP contribution >= 0.6 is 11.6 Å². The number of halogens is 1. The summed E-state index contributed by atoms with van der Waals surface area (Å²) in [7, 11) is -3.44. The monoisotopic (exact) mass is 332 g/mol. The lowest BCUT2D eigenvalue weighted by atomic mass is 10.0. The van der Waals surface area contributed by atoms with Crippen LogP contribution in [0.15, 0.2) is 23.1 Å². The Morgan fingerprint density at radius 3 is 2.48 bits per heavy atom. The standard InChI is InChI=1S/C15H21ClO4S/c1-3-5-6-11(4-2)10-21(19,20)12-7-8-13(15(17)18)14(16)9-12/h7-9,11H,3-6,10H2,1-2H3,(H,17,18). The summed E-state index contributed by atoms with van der Waals surface area (Å²) in [4.78, 5) is 11.0. The van der Waals surface area contributed by atoms with E-state index in [4.69, 9.17) is 16.7 Å². The van der Waals surface area contributed by atoms with Crippen LogP contribution in [0.4, 0.5) is 0 Å². The van der Waals surface area contributed by atoms with E-state index in [0.717, 1.165) is 25.7 Å². The molecule has 0 saturated carbocycles. The van der Waals surface area contributed by atoms with Crippen LogP contribution < -0.4 is 0 Å². The third-order valence-corrected chi connectivity index (χ3v) is 5.72. The van der Waals surface area contributed by atoms with E-state index >= 15 is 0 Å². The van der Waals surface area contributed by atoms with E-state index < -0.39 is 15.8 Å². The zero-order valence-electron chi connectivity index (χ0n) is 12.3. The molecule has 0 aliphatic carbocycles. The Labute approximate surface area is 131 Å². The lowest BCUT2D eigenvalue weighted by molar-refractivity contribution is 0.0697. The Kier molecular flexibility index (Phi) is 6.68. The Hall–Kier alpha value is -1.07. The van der Waals surface area contributed by atoms with Crippen molar-refractivity contribution in [3.63, 3.8) is 0 Å². The molecular formula is C15H21ClO4S. The SMILES string of the molecule is CCCCC(CC)CS(=O)(=O)c1ccc(C(=O)O)c(Cl)c1. The van der Waals surface area contributed by atoms with E-state index in [0.29, 0.717) is 0 Å². The van der Waals surface area contributed by atoms with E-state index in [2.05, 4.69) is 6.92 Å². The Morgan fingerprint density at radius 2 is 2.00 bits per heavy atom. The number of carboxylic acid groups (broad SMARTS) is 1. The van der Waals surface area contributed by atoms with Crippen molar-refractivity contribution < 1.29 is 18.3 Å². The molecule has 1 unspecified atom stereocenters. The van der Waals surface area contributed by atoms with E-state index in [9.17, 15) is 13.2 Å². The van der Waals surface area contributed by atoms with Crippen LogP contribution in [0.5, 0.6) is 0 Å². The third kappa shape index (κ3) is 5.00. The van der Waals surface area contributed by atoms with Crippen molar-refractivity contribution in [2.75, 3.05) is 5.75 Å². The van der Waals surface area contributed by atoms with Gasteiger partial charge in [0.1, 0.15) is 0 Å². The van der Waals surface area contributed by atoms with Gasteiger partial charge in [-0.2, -0.15) is 0 Å². The fraction of sp³-hybridized carbons (Fsp3) is 0.533. The fourth-order valence-electron chi connectivity index (χ4n) is 2.17. The molecule has 0 spiro atoms. The number of hydrogen-bond donors (Lipinski definition) is 1. The summed E-state index contributed by atoms with van der Waals surface area (Å²) >= 11 is 5.84. The maximum absolute atomic E-state index is 12.4. The molecule has 0 aliphatic rings. The van der Waals surface area contributed by atoms with Gasteiger partial charge in [0.2, 0.25) is 0 Å². The molecule has 0 fully saturated rings. The van der Waals surface area contributed by atoms with Gasteiger partial charge in [0, 0.05) is 0 Å². The van der Waals surface area contributed by atoms with Gasteiger partial charge in [0.25, 0.3) is 0 Å². The normalized spacial score (nSPS) is 13.1. The second kappa shape index (κ2) is 7.80. The molecule has 4 nitrogen and oxygen atoms in total. The molecule has 0 radical (unpaired) electrons. The van der Waals surface area contributed by atoms with Gasteiger partial charge in [-0.15, -0.1) is 0 Å². The third-order valence-electron chi connectivity index (χ3n) is 3.53. The summed E-state index contributed by atoms with van der Waals surface area (Å²) < 4.78 is 24.8. The molecule has 21 heavy (non-hydrogen) atoms. The quantitative estimate of drug-likeness (QED) is 0.780. The number of carboxylic acids is 1. The highest BCUT2D eigenvalue weighted by Crippen LogP contribution is 2.24. The van der Waals surface area contributed by atoms with Crippen molar-refractivity contribution in [2.24, 2.45) is 5.92 Å². The Morgan fingerprint density at radius 1 is 1.33 bits per heavy atom. The van der Waals surface area contributed by atoms with Crippen LogP contribution in [-0.2, 0) is 9.84 Å². The molecule has 0 amide bonds. The number of unbranched alkanes of at least 4 members (excludes halogenated alkanes) is 1. The van der Waals surface area contributed by atoms with Crippen LogP contribution in [0, 0.1) is 5.92 Å². The predicted molar refractivity (Wildman–Crippen MR) is 83.8 cm³/mol. The first-order chi connectivity index (χ1) is 9.81. The van der Waals surface area contributed by atoms with Crippen molar-refractivity contribution in [3.05, 3.63) is 28.8 Å². The summed E-state index contributed by atoms with van der Waals surface area (Å²) in [6, 6.07) is 3.79. The van der Waals surface area contributed by atoms with Crippen LogP contribution in [0.3, 0.4) is 0 Å². The summed E-state index contributed by atoms with van der Waals surface area (Å²) in [6.45, 7) is 4.06. The molecule has 0 bridgehead atoms. The van der Waals surface area contributed by atoms with Crippen LogP contribution in [-0.4, -0.2) is 25.2 Å². The van der Waals surface area contributed by atoms with Gasteiger partial charge in [0.15, 0.2) is 9.84 Å². The molecule has 1 N–H and O–H groups in total. The smallest absolute Gasteiger partial charge is 0.337 e. The molecule has 1 aromatic rings. The van der Waals surface area contributed by atoms with Crippen molar-refractivity contribution in [2.45, 2.75) is 44.4 Å². The summed E-state index contributed by atoms with van der Waals surface area (Å²) in [5.74, 6) is -0.974. The van der Waals surface area contributed by atoms with Gasteiger partial charge in [-0.1, -0.05) is 44.7 Å². The van der Waals surface area contributed by atoms with E-state index in [1.807, 2.05) is 6.92 Å². The highest BCUT2D eigenvalue weighted by Gasteiger charge is 2.21. The van der Waals surface area contributed by atoms with Crippen molar-refractivity contribution in [1.82, 2.24) is 0 Å². The van der Waals surface area contributed by atoms with Crippen LogP contribution in [0.2, 0.25) is 5.02 Å². The lowest BCUT2D eigenvalue weighted by Crippen LogP contribution is -2.16. The van der Waals surface area contributed by atoms with Crippen molar-refractivity contribution in [1.29, 1.82) is 0 Å². The van der Waals surface area contributed by atoms with Gasteiger partial charge in [-0.3, -0.25) is 0 Å². The molecule has 118 valence electrons. The van der Waals surface area contributed by atoms with Gasteiger partial charge >= 0.3 is 5.97 Å². The van der Waals surface area contributed by atoms with Crippen LogP contribution in [0.25, 0.3) is 0 Å². The molecule has 0 saturated heterocycles. The number of aromatic carboxylic acids is 1. The topological polar surface area (TPSA) is 71.4 Å². The minimum absolute atomic E-state index is 0.0508.